The van der Waals surface area contributed by atoms with Crippen molar-refractivity contribution in [3.05, 3.63) is 89.5 Å². The van der Waals surface area contributed by atoms with E-state index in [1.54, 1.807) is 56.3 Å². The first-order chi connectivity index (χ1) is 17.4. The number of nitrogens with zero attached hydrogens (tertiary/aromatic N) is 1. The van der Waals surface area contributed by atoms with Crippen LogP contribution in [-0.2, 0) is 26.5 Å². The summed E-state index contributed by atoms with van der Waals surface area (Å²) in [5.41, 5.74) is 0.580. The molecule has 1 unspecified atom stereocenters. The maximum atomic E-state index is 12.8. The minimum absolute atomic E-state index is 0.139. The number of carbonyl (C=O) groups excluding carboxylic acids is 1. The van der Waals surface area contributed by atoms with E-state index in [0.717, 1.165) is 5.56 Å². The number of benzene rings is 3. The summed E-state index contributed by atoms with van der Waals surface area (Å²) in [5.74, 6) is -1.06. The Bertz CT molecular complexity index is 1220. The smallest absolute Gasteiger partial charge is 0.344 e. The Morgan fingerprint density at radius 2 is 1.72 bits per heavy atom. The van der Waals surface area contributed by atoms with Crippen LogP contribution in [0.25, 0.3) is 0 Å². The number of carboxylic acids is 1. The van der Waals surface area contributed by atoms with E-state index in [4.69, 9.17) is 19.5 Å². The highest BCUT2D eigenvalue weighted by atomic mass is 16.6. The molecule has 0 saturated carbocycles. The first-order valence-electron chi connectivity index (χ1n) is 11.5. The largest absolute Gasteiger partial charge is 0.489 e. The van der Waals surface area contributed by atoms with Gasteiger partial charge >= 0.3 is 11.9 Å². The highest BCUT2D eigenvalue weighted by Crippen LogP contribution is 2.39. The minimum atomic E-state index is -1.62. The quantitative estimate of drug-likeness (QED) is 0.346. The van der Waals surface area contributed by atoms with Crippen LogP contribution >= 0.6 is 0 Å². The molecule has 0 aliphatic rings. The lowest BCUT2D eigenvalue weighted by atomic mass is 9.85. The average molecular weight is 489 g/mol. The van der Waals surface area contributed by atoms with Gasteiger partial charge in [0.05, 0.1) is 18.2 Å². The van der Waals surface area contributed by atoms with Crippen LogP contribution in [0.4, 0.5) is 5.69 Å². The fourth-order valence-corrected chi connectivity index (χ4v) is 3.68. The molecule has 0 bridgehead atoms. The number of rotatable bonds is 12. The zero-order chi connectivity index (χ0) is 26.0. The van der Waals surface area contributed by atoms with Crippen molar-refractivity contribution in [1.29, 1.82) is 5.26 Å². The van der Waals surface area contributed by atoms with Crippen molar-refractivity contribution in [2.45, 2.75) is 32.4 Å². The SMILES string of the molecule is CCOC(=O)COc1ccc(OCc2ccccc2)cc1C(CC)(Nc1ccc(C#N)cc1)C(=O)O. The van der Waals surface area contributed by atoms with Crippen LogP contribution in [0.15, 0.2) is 72.8 Å². The summed E-state index contributed by atoms with van der Waals surface area (Å²) >= 11 is 0. The van der Waals surface area contributed by atoms with Gasteiger partial charge in [0.15, 0.2) is 12.1 Å². The number of nitrogens with one attached hydrogen (secondary N) is 1. The van der Waals surface area contributed by atoms with Gasteiger partial charge in [-0.15, -0.1) is 0 Å². The Labute approximate surface area is 210 Å². The Morgan fingerprint density at radius 1 is 1.00 bits per heavy atom. The lowest BCUT2D eigenvalue weighted by Crippen LogP contribution is -2.43. The first kappa shape index (κ1) is 26.1. The Morgan fingerprint density at radius 3 is 2.33 bits per heavy atom. The molecule has 0 aromatic heterocycles. The second-order valence-corrected chi connectivity index (χ2v) is 7.90. The van der Waals surface area contributed by atoms with Gasteiger partial charge in [-0.3, -0.25) is 0 Å². The Kier molecular flexibility index (Phi) is 8.89. The summed E-state index contributed by atoms with van der Waals surface area (Å²) in [6, 6.07) is 23.0. The standard InChI is InChI=1S/C28H28N2O6/c1-3-28(27(32)33,30-22-12-10-20(17-29)11-13-22)24-16-23(35-18-21-8-6-5-7-9-21)14-15-25(24)36-19-26(31)34-4-2/h5-16,30H,3-4,18-19H2,1-2H3,(H,32,33). The lowest BCUT2D eigenvalue weighted by Gasteiger charge is -2.32. The number of aliphatic carboxylic acids is 1. The van der Waals surface area contributed by atoms with E-state index in [1.165, 1.54) is 0 Å². The van der Waals surface area contributed by atoms with Crippen LogP contribution in [0.3, 0.4) is 0 Å². The molecule has 0 heterocycles. The van der Waals surface area contributed by atoms with Crippen LogP contribution in [0, 0.1) is 11.3 Å². The Balaban J connectivity index is 2.01. The minimum Gasteiger partial charge on any atom is -0.489 e. The summed E-state index contributed by atoms with van der Waals surface area (Å²) in [4.78, 5) is 24.7. The monoisotopic (exact) mass is 488 g/mol. The van der Waals surface area contributed by atoms with Crippen molar-refractivity contribution in [3.63, 3.8) is 0 Å². The predicted molar refractivity (Wildman–Crippen MR) is 134 cm³/mol. The molecule has 0 fully saturated rings. The summed E-state index contributed by atoms with van der Waals surface area (Å²) in [6.45, 7) is 3.54. The van der Waals surface area contributed by atoms with E-state index >= 15 is 0 Å². The molecule has 186 valence electrons. The number of ether oxygens (including phenoxy) is 3. The van der Waals surface area contributed by atoms with E-state index in [2.05, 4.69) is 5.32 Å². The van der Waals surface area contributed by atoms with Gasteiger partial charge in [-0.2, -0.15) is 5.26 Å². The number of carboxylic acid groups (broad SMARTS) is 1. The highest BCUT2D eigenvalue weighted by Gasteiger charge is 2.42. The van der Waals surface area contributed by atoms with Gasteiger partial charge in [0, 0.05) is 11.3 Å². The van der Waals surface area contributed by atoms with Crippen LogP contribution in [0.5, 0.6) is 11.5 Å². The molecular weight excluding hydrogens is 460 g/mol. The summed E-state index contributed by atoms with van der Waals surface area (Å²) in [7, 11) is 0. The van der Waals surface area contributed by atoms with Crippen molar-refractivity contribution < 1.29 is 28.9 Å². The first-order valence-corrected chi connectivity index (χ1v) is 11.5. The molecule has 3 aromatic rings. The van der Waals surface area contributed by atoms with Gasteiger partial charge in [-0.25, -0.2) is 9.59 Å². The number of nitriles is 1. The molecule has 2 N–H and O–H groups in total. The maximum absolute atomic E-state index is 12.8. The summed E-state index contributed by atoms with van der Waals surface area (Å²) < 4.78 is 16.6. The number of hydrogen-bond acceptors (Lipinski definition) is 7. The molecule has 8 heteroatoms. The number of hydrogen-bond donors (Lipinski definition) is 2. The van der Waals surface area contributed by atoms with Gasteiger partial charge < -0.3 is 24.6 Å². The topological polar surface area (TPSA) is 118 Å². The van der Waals surface area contributed by atoms with Crippen LogP contribution in [-0.4, -0.2) is 30.3 Å². The second kappa shape index (κ2) is 12.3. The predicted octanol–water partition coefficient (Wildman–Crippen LogP) is 4.88. The van der Waals surface area contributed by atoms with Crippen molar-refractivity contribution in [2.24, 2.45) is 0 Å². The highest BCUT2D eigenvalue weighted by molar-refractivity contribution is 5.86. The molecule has 0 saturated heterocycles. The number of carbonyl (C=O) groups is 2. The molecule has 0 spiro atoms. The zero-order valence-corrected chi connectivity index (χ0v) is 20.2. The fraction of sp³-hybridized carbons (Fsp3) is 0.250. The van der Waals surface area contributed by atoms with Crippen LogP contribution < -0.4 is 14.8 Å². The van der Waals surface area contributed by atoms with E-state index in [9.17, 15) is 14.7 Å². The summed E-state index contributed by atoms with van der Waals surface area (Å²) in [5, 5.41) is 22.6. The van der Waals surface area contributed by atoms with E-state index in [-0.39, 0.29) is 30.9 Å². The van der Waals surface area contributed by atoms with Crippen LogP contribution in [0.1, 0.15) is 37.0 Å². The van der Waals surface area contributed by atoms with E-state index < -0.39 is 17.5 Å². The fourth-order valence-electron chi connectivity index (χ4n) is 3.68. The van der Waals surface area contributed by atoms with E-state index in [1.807, 2.05) is 36.4 Å². The molecule has 3 aromatic carbocycles. The third-order valence-corrected chi connectivity index (χ3v) is 5.58. The molecule has 1 atom stereocenters. The van der Waals surface area contributed by atoms with Crippen molar-refractivity contribution >= 4 is 17.6 Å². The van der Waals surface area contributed by atoms with Gasteiger partial charge in [0.1, 0.15) is 18.1 Å². The van der Waals surface area contributed by atoms with Gasteiger partial charge in [-0.05, 0) is 61.4 Å². The molecule has 0 aliphatic carbocycles. The van der Waals surface area contributed by atoms with Gasteiger partial charge in [0.25, 0.3) is 0 Å². The van der Waals surface area contributed by atoms with Crippen LogP contribution in [0.2, 0.25) is 0 Å². The molecule has 3 rings (SSSR count). The van der Waals surface area contributed by atoms with Gasteiger partial charge in [0.2, 0.25) is 0 Å². The second-order valence-electron chi connectivity index (χ2n) is 7.90. The molecule has 36 heavy (non-hydrogen) atoms. The molecule has 8 nitrogen and oxygen atoms in total. The third-order valence-electron chi connectivity index (χ3n) is 5.58. The van der Waals surface area contributed by atoms with Gasteiger partial charge in [-0.1, -0.05) is 37.3 Å². The van der Waals surface area contributed by atoms with E-state index in [0.29, 0.717) is 23.6 Å². The Hall–Kier alpha value is -4.51. The zero-order valence-electron chi connectivity index (χ0n) is 20.2. The molecule has 0 aliphatic heterocycles. The number of esters is 1. The molecule has 0 radical (unpaired) electrons. The number of anilines is 1. The lowest BCUT2D eigenvalue weighted by molar-refractivity contribution is -0.145. The van der Waals surface area contributed by atoms with Crippen molar-refractivity contribution in [1.82, 2.24) is 0 Å². The normalized spacial score (nSPS) is 12.0. The van der Waals surface area contributed by atoms with Crippen molar-refractivity contribution in [2.75, 3.05) is 18.5 Å². The molecule has 0 amide bonds. The molecular formula is C28H28N2O6. The average Bonchev–Trinajstić information content (AvgIpc) is 2.90. The van der Waals surface area contributed by atoms with Crippen molar-refractivity contribution in [3.8, 4) is 17.6 Å². The maximum Gasteiger partial charge on any atom is 0.344 e. The summed E-state index contributed by atoms with van der Waals surface area (Å²) in [6.07, 6.45) is 0.139. The third kappa shape index (κ3) is 6.33.